The van der Waals surface area contributed by atoms with Gasteiger partial charge < -0.3 is 20.9 Å². The Morgan fingerprint density at radius 3 is 2.76 bits per heavy atom. The van der Waals surface area contributed by atoms with Crippen molar-refractivity contribution in [2.24, 2.45) is 0 Å². The number of amides is 1. The fourth-order valence-corrected chi connectivity index (χ4v) is 2.18. The Bertz CT molecular complexity index is 607. The lowest BCUT2D eigenvalue weighted by Crippen LogP contribution is -2.29. The third-order valence-electron chi connectivity index (χ3n) is 3.33. The molecule has 1 amide bonds. The molecule has 0 radical (unpaired) electrons. The summed E-state index contributed by atoms with van der Waals surface area (Å²) in [5, 5.41) is 2.96. The van der Waals surface area contributed by atoms with Crippen molar-refractivity contribution in [2.45, 2.75) is 19.4 Å². The van der Waals surface area contributed by atoms with E-state index in [1.807, 2.05) is 32.0 Å². The lowest BCUT2D eigenvalue weighted by atomic mass is 10.1. The summed E-state index contributed by atoms with van der Waals surface area (Å²) in [6, 6.07) is 5.18. The largest absolute Gasteiger partial charge is 0.397 e. The Morgan fingerprint density at radius 2 is 2.24 bits per heavy atom. The van der Waals surface area contributed by atoms with Gasteiger partial charge in [0.05, 0.1) is 17.4 Å². The molecule has 0 saturated carbocycles. The molecular formula is C15H21N5O. The van der Waals surface area contributed by atoms with E-state index in [-0.39, 0.29) is 11.9 Å². The number of nitrogens with two attached hydrogens (primary N) is 1. The first-order valence-corrected chi connectivity index (χ1v) is 6.90. The summed E-state index contributed by atoms with van der Waals surface area (Å²) in [5.41, 5.74) is 8.00. The smallest absolute Gasteiger partial charge is 0.251 e. The first kappa shape index (κ1) is 14.9. The number of nitrogens with zero attached hydrogens (tertiary/aromatic N) is 2. The van der Waals surface area contributed by atoms with E-state index in [1.165, 1.54) is 0 Å². The van der Waals surface area contributed by atoms with Gasteiger partial charge in [-0.25, -0.2) is 4.98 Å². The standard InChI is InChI=1S/C15H21N5O/c1-4-12(14-17-7-8-18-14)19-15(21)10-5-6-13(20(2)3)11(16)9-10/h5-9,12H,4,16H2,1-3H3,(H,17,18)(H,19,21). The van der Waals surface area contributed by atoms with E-state index in [2.05, 4.69) is 15.3 Å². The van der Waals surface area contributed by atoms with E-state index in [9.17, 15) is 4.79 Å². The number of benzene rings is 1. The SMILES string of the molecule is CCC(NC(=O)c1ccc(N(C)C)c(N)c1)c1ncc[nH]1. The molecule has 2 rings (SSSR count). The van der Waals surface area contributed by atoms with Gasteiger partial charge in [0.15, 0.2) is 0 Å². The van der Waals surface area contributed by atoms with Crippen LogP contribution in [0.5, 0.6) is 0 Å². The third kappa shape index (κ3) is 3.34. The molecule has 1 unspecified atom stereocenters. The number of H-pyrrole nitrogens is 1. The van der Waals surface area contributed by atoms with Gasteiger partial charge in [0.2, 0.25) is 0 Å². The maximum absolute atomic E-state index is 12.3. The van der Waals surface area contributed by atoms with Gasteiger partial charge in [-0.05, 0) is 24.6 Å². The third-order valence-corrected chi connectivity index (χ3v) is 3.33. The summed E-state index contributed by atoms with van der Waals surface area (Å²) < 4.78 is 0. The highest BCUT2D eigenvalue weighted by Crippen LogP contribution is 2.23. The van der Waals surface area contributed by atoms with Crippen molar-refractivity contribution < 1.29 is 4.79 Å². The van der Waals surface area contributed by atoms with Crippen LogP contribution in [0.25, 0.3) is 0 Å². The normalized spacial score (nSPS) is 12.0. The fraction of sp³-hybridized carbons (Fsp3) is 0.333. The first-order chi connectivity index (χ1) is 10.0. The molecule has 2 aromatic rings. The maximum atomic E-state index is 12.3. The Balaban J connectivity index is 2.15. The summed E-state index contributed by atoms with van der Waals surface area (Å²) in [4.78, 5) is 21.4. The Labute approximate surface area is 124 Å². The van der Waals surface area contributed by atoms with Crippen molar-refractivity contribution in [3.05, 3.63) is 42.0 Å². The van der Waals surface area contributed by atoms with Crippen molar-refractivity contribution in [1.29, 1.82) is 0 Å². The van der Waals surface area contributed by atoms with Crippen molar-refractivity contribution in [1.82, 2.24) is 15.3 Å². The van der Waals surface area contributed by atoms with E-state index in [4.69, 9.17) is 5.73 Å². The molecule has 21 heavy (non-hydrogen) atoms. The molecular weight excluding hydrogens is 266 g/mol. The van der Waals surface area contributed by atoms with Gasteiger partial charge in [0.1, 0.15) is 5.82 Å². The number of carbonyl (C=O) groups excluding carboxylic acids is 1. The summed E-state index contributed by atoms with van der Waals surface area (Å²) in [6.07, 6.45) is 4.17. The molecule has 0 saturated heterocycles. The second-order valence-electron chi connectivity index (χ2n) is 5.08. The Kier molecular flexibility index (Phi) is 4.47. The highest BCUT2D eigenvalue weighted by atomic mass is 16.1. The molecule has 4 N–H and O–H groups in total. The number of nitrogens with one attached hydrogen (secondary N) is 2. The number of hydrogen-bond donors (Lipinski definition) is 3. The molecule has 1 aromatic carbocycles. The topological polar surface area (TPSA) is 87.0 Å². The van der Waals surface area contributed by atoms with E-state index in [0.717, 1.165) is 17.9 Å². The molecule has 0 spiro atoms. The summed E-state index contributed by atoms with van der Waals surface area (Å²) in [7, 11) is 3.82. The summed E-state index contributed by atoms with van der Waals surface area (Å²) in [6.45, 7) is 2.00. The molecule has 0 fully saturated rings. The predicted molar refractivity (Wildman–Crippen MR) is 84.3 cm³/mol. The van der Waals surface area contributed by atoms with Gasteiger partial charge in [-0.2, -0.15) is 0 Å². The minimum atomic E-state index is -0.157. The molecule has 6 heteroatoms. The van der Waals surface area contributed by atoms with Crippen LogP contribution in [0.4, 0.5) is 11.4 Å². The van der Waals surface area contributed by atoms with Crippen LogP contribution in [0.15, 0.2) is 30.6 Å². The van der Waals surface area contributed by atoms with E-state index >= 15 is 0 Å². The Hall–Kier alpha value is -2.50. The second kappa shape index (κ2) is 6.30. The highest BCUT2D eigenvalue weighted by Gasteiger charge is 2.16. The minimum Gasteiger partial charge on any atom is -0.397 e. The molecule has 1 aromatic heterocycles. The molecule has 1 atom stereocenters. The number of imidazole rings is 1. The molecule has 112 valence electrons. The first-order valence-electron chi connectivity index (χ1n) is 6.90. The lowest BCUT2D eigenvalue weighted by molar-refractivity contribution is 0.0934. The average Bonchev–Trinajstić information content (AvgIpc) is 2.97. The molecule has 0 aliphatic rings. The lowest BCUT2D eigenvalue weighted by Gasteiger charge is -2.17. The van der Waals surface area contributed by atoms with Crippen LogP contribution in [-0.2, 0) is 0 Å². The second-order valence-corrected chi connectivity index (χ2v) is 5.08. The van der Waals surface area contributed by atoms with Crippen molar-refractivity contribution in [2.75, 3.05) is 24.7 Å². The number of rotatable bonds is 5. The maximum Gasteiger partial charge on any atom is 0.251 e. The number of hydrogen-bond acceptors (Lipinski definition) is 4. The highest BCUT2D eigenvalue weighted by molar-refractivity contribution is 5.96. The van der Waals surface area contributed by atoms with Gasteiger partial charge in [-0.15, -0.1) is 0 Å². The monoisotopic (exact) mass is 287 g/mol. The fourth-order valence-electron chi connectivity index (χ4n) is 2.18. The van der Waals surface area contributed by atoms with Gasteiger partial charge in [-0.1, -0.05) is 6.92 Å². The molecule has 0 aliphatic heterocycles. The van der Waals surface area contributed by atoms with Gasteiger partial charge in [0, 0.05) is 32.1 Å². The van der Waals surface area contributed by atoms with Crippen molar-refractivity contribution in [3.63, 3.8) is 0 Å². The van der Waals surface area contributed by atoms with Crippen LogP contribution in [0.1, 0.15) is 35.6 Å². The summed E-state index contributed by atoms with van der Waals surface area (Å²) in [5.74, 6) is 0.596. The van der Waals surface area contributed by atoms with Crippen molar-refractivity contribution >= 4 is 17.3 Å². The van der Waals surface area contributed by atoms with Crippen LogP contribution in [0.2, 0.25) is 0 Å². The average molecular weight is 287 g/mol. The number of aromatic nitrogens is 2. The van der Waals surface area contributed by atoms with Gasteiger partial charge in [-0.3, -0.25) is 4.79 Å². The number of carbonyl (C=O) groups is 1. The molecule has 0 bridgehead atoms. The van der Waals surface area contributed by atoms with Crippen LogP contribution in [0, 0.1) is 0 Å². The van der Waals surface area contributed by atoms with Crippen LogP contribution in [-0.4, -0.2) is 30.0 Å². The number of aromatic amines is 1. The molecule has 6 nitrogen and oxygen atoms in total. The molecule has 1 heterocycles. The van der Waals surface area contributed by atoms with E-state index in [0.29, 0.717) is 11.3 Å². The zero-order valence-electron chi connectivity index (χ0n) is 12.6. The van der Waals surface area contributed by atoms with E-state index in [1.54, 1.807) is 24.5 Å². The quantitative estimate of drug-likeness (QED) is 0.733. The summed E-state index contributed by atoms with van der Waals surface area (Å²) >= 11 is 0. The number of nitrogen functional groups attached to an aromatic ring is 1. The minimum absolute atomic E-state index is 0.137. The molecule has 0 aliphatic carbocycles. The van der Waals surface area contributed by atoms with Crippen LogP contribution >= 0.6 is 0 Å². The van der Waals surface area contributed by atoms with Crippen molar-refractivity contribution in [3.8, 4) is 0 Å². The van der Waals surface area contributed by atoms with Gasteiger partial charge in [0.25, 0.3) is 5.91 Å². The van der Waals surface area contributed by atoms with Crippen LogP contribution < -0.4 is 16.0 Å². The predicted octanol–water partition coefficient (Wildman–Crippen LogP) is 1.94. The zero-order chi connectivity index (χ0) is 15.4. The van der Waals surface area contributed by atoms with Crippen LogP contribution in [0.3, 0.4) is 0 Å². The van der Waals surface area contributed by atoms with Gasteiger partial charge >= 0.3 is 0 Å². The Morgan fingerprint density at radius 1 is 1.48 bits per heavy atom. The number of anilines is 2. The zero-order valence-corrected chi connectivity index (χ0v) is 12.6. The van der Waals surface area contributed by atoms with E-state index < -0.39 is 0 Å².